The first-order valence-corrected chi connectivity index (χ1v) is 9.16. The number of carbonyl (C=O) groups excluding carboxylic acids is 2. The Kier molecular flexibility index (Phi) is 7.14. The van der Waals surface area contributed by atoms with Crippen molar-refractivity contribution < 1.29 is 14.3 Å². The molecule has 0 aliphatic carbocycles. The number of benzene rings is 1. The highest BCUT2D eigenvalue weighted by Gasteiger charge is 2.25. The van der Waals surface area contributed by atoms with E-state index < -0.39 is 0 Å². The lowest BCUT2D eigenvalue weighted by Crippen LogP contribution is -2.46. The first-order chi connectivity index (χ1) is 11.1. The van der Waals surface area contributed by atoms with Crippen LogP contribution < -0.4 is 5.32 Å². The predicted octanol–water partition coefficient (Wildman–Crippen LogP) is 3.42. The Morgan fingerprint density at radius 3 is 2.65 bits per heavy atom. The van der Waals surface area contributed by atoms with Gasteiger partial charge in [-0.3, -0.25) is 4.79 Å². The first kappa shape index (κ1) is 18.0. The molecule has 2 amide bonds. The van der Waals surface area contributed by atoms with Gasteiger partial charge in [0.2, 0.25) is 0 Å². The number of nitrogens with zero attached hydrogens (tertiary/aromatic N) is 1. The summed E-state index contributed by atoms with van der Waals surface area (Å²) in [4.78, 5) is 25.9. The van der Waals surface area contributed by atoms with Crippen molar-refractivity contribution in [3.8, 4) is 0 Å². The zero-order valence-electron chi connectivity index (χ0n) is 13.4. The lowest BCUT2D eigenvalue weighted by Gasteiger charge is -2.31. The van der Waals surface area contributed by atoms with Crippen molar-refractivity contribution in [2.75, 3.05) is 19.7 Å². The number of rotatable bonds is 5. The van der Waals surface area contributed by atoms with Crippen LogP contribution in [0.1, 0.15) is 43.0 Å². The number of nitrogens with one attached hydrogen (secondary N) is 1. The van der Waals surface area contributed by atoms with Gasteiger partial charge in [-0.1, -0.05) is 25.5 Å². The van der Waals surface area contributed by atoms with Gasteiger partial charge >= 0.3 is 6.09 Å². The van der Waals surface area contributed by atoms with E-state index in [-0.39, 0.29) is 18.0 Å². The van der Waals surface area contributed by atoms with Crippen molar-refractivity contribution in [1.82, 2.24) is 10.2 Å². The number of ether oxygens (including phenoxy) is 1. The fourth-order valence-corrected chi connectivity index (χ4v) is 3.14. The van der Waals surface area contributed by atoms with Gasteiger partial charge in [0.15, 0.2) is 0 Å². The quantitative estimate of drug-likeness (QED) is 0.576. The van der Waals surface area contributed by atoms with Gasteiger partial charge in [-0.05, 0) is 54.0 Å². The summed E-state index contributed by atoms with van der Waals surface area (Å²) in [5.74, 6) is -0.0426. The van der Waals surface area contributed by atoms with Crippen molar-refractivity contribution in [3.05, 3.63) is 33.4 Å². The second-order valence-electron chi connectivity index (χ2n) is 5.68. The number of hydrogen-bond acceptors (Lipinski definition) is 3. The van der Waals surface area contributed by atoms with Crippen molar-refractivity contribution in [2.45, 2.75) is 38.6 Å². The second kappa shape index (κ2) is 9.10. The van der Waals surface area contributed by atoms with E-state index in [0.717, 1.165) is 29.3 Å². The molecule has 0 aromatic heterocycles. The minimum absolute atomic E-state index is 0.0426. The number of carbonyl (C=O) groups is 2. The zero-order valence-corrected chi connectivity index (χ0v) is 15.5. The zero-order chi connectivity index (χ0) is 16.7. The molecule has 1 aromatic rings. The minimum atomic E-state index is -0.235. The molecule has 6 heteroatoms. The van der Waals surface area contributed by atoms with Crippen LogP contribution in [-0.2, 0) is 4.74 Å². The molecule has 0 spiro atoms. The summed E-state index contributed by atoms with van der Waals surface area (Å²) < 4.78 is 6.17. The van der Waals surface area contributed by atoms with Crippen LogP contribution in [0, 0.1) is 3.57 Å². The molecule has 0 atom stereocenters. The summed E-state index contributed by atoms with van der Waals surface area (Å²) in [6.07, 6.45) is 3.20. The molecule has 1 saturated heterocycles. The van der Waals surface area contributed by atoms with E-state index in [1.54, 1.807) is 4.90 Å². The number of piperidine rings is 1. The van der Waals surface area contributed by atoms with Gasteiger partial charge in [-0.2, -0.15) is 0 Å². The molecule has 0 saturated carbocycles. The summed E-state index contributed by atoms with van der Waals surface area (Å²) in [6, 6.07) is 7.65. The summed E-state index contributed by atoms with van der Waals surface area (Å²) in [6.45, 7) is 3.80. The smallest absolute Gasteiger partial charge is 0.409 e. The van der Waals surface area contributed by atoms with Gasteiger partial charge in [0, 0.05) is 22.7 Å². The van der Waals surface area contributed by atoms with Gasteiger partial charge in [0.25, 0.3) is 5.91 Å². The largest absolute Gasteiger partial charge is 0.449 e. The van der Waals surface area contributed by atoms with Crippen LogP contribution in [0.4, 0.5) is 4.79 Å². The molecule has 1 aliphatic rings. The van der Waals surface area contributed by atoms with Gasteiger partial charge < -0.3 is 15.0 Å². The highest BCUT2D eigenvalue weighted by atomic mass is 127. The molecular weight excluding hydrogens is 407 g/mol. The van der Waals surface area contributed by atoms with Crippen LogP contribution >= 0.6 is 22.6 Å². The SMILES string of the molecule is CCCCOC(=O)N1CCC(NC(=O)c2ccccc2I)CC1. The third-order valence-electron chi connectivity index (χ3n) is 3.93. The molecule has 1 N–H and O–H groups in total. The minimum Gasteiger partial charge on any atom is -0.449 e. The van der Waals surface area contributed by atoms with Gasteiger partial charge in [-0.25, -0.2) is 4.79 Å². The Morgan fingerprint density at radius 2 is 2.00 bits per heavy atom. The molecule has 5 nitrogen and oxygen atoms in total. The Hall–Kier alpha value is -1.31. The van der Waals surface area contributed by atoms with Gasteiger partial charge in [0.05, 0.1) is 12.2 Å². The van der Waals surface area contributed by atoms with E-state index >= 15 is 0 Å². The molecule has 23 heavy (non-hydrogen) atoms. The summed E-state index contributed by atoms with van der Waals surface area (Å²) >= 11 is 2.17. The van der Waals surface area contributed by atoms with Gasteiger partial charge in [-0.15, -0.1) is 0 Å². The normalized spacial score (nSPS) is 15.3. The van der Waals surface area contributed by atoms with E-state index in [1.165, 1.54) is 0 Å². The van der Waals surface area contributed by atoms with E-state index in [2.05, 4.69) is 34.8 Å². The summed E-state index contributed by atoms with van der Waals surface area (Å²) in [7, 11) is 0. The molecule has 0 unspecified atom stereocenters. The Morgan fingerprint density at radius 1 is 1.30 bits per heavy atom. The molecule has 2 rings (SSSR count). The number of hydrogen-bond donors (Lipinski definition) is 1. The average molecular weight is 430 g/mol. The molecule has 1 heterocycles. The maximum atomic E-state index is 12.3. The molecule has 1 aliphatic heterocycles. The number of unbranched alkanes of at least 4 members (excludes halogenated alkanes) is 1. The molecule has 0 radical (unpaired) electrons. The van der Waals surface area contributed by atoms with E-state index in [9.17, 15) is 9.59 Å². The van der Waals surface area contributed by atoms with Crippen molar-refractivity contribution >= 4 is 34.6 Å². The van der Waals surface area contributed by atoms with Gasteiger partial charge in [0.1, 0.15) is 0 Å². The topological polar surface area (TPSA) is 58.6 Å². The van der Waals surface area contributed by atoms with Crippen molar-refractivity contribution in [1.29, 1.82) is 0 Å². The standard InChI is InChI=1S/C17H23IN2O3/c1-2-3-12-23-17(22)20-10-8-13(9-11-20)19-16(21)14-6-4-5-7-15(14)18/h4-7,13H,2-3,8-12H2,1H3,(H,19,21). The second-order valence-corrected chi connectivity index (χ2v) is 6.84. The van der Waals surface area contributed by atoms with Crippen LogP contribution in [0.15, 0.2) is 24.3 Å². The van der Waals surface area contributed by atoms with E-state index in [1.807, 2.05) is 24.3 Å². The number of halogens is 1. The van der Waals surface area contributed by atoms with Crippen LogP contribution in [0.25, 0.3) is 0 Å². The highest BCUT2D eigenvalue weighted by Crippen LogP contribution is 2.15. The predicted molar refractivity (Wildman–Crippen MR) is 97.5 cm³/mol. The highest BCUT2D eigenvalue weighted by molar-refractivity contribution is 14.1. The molecular formula is C17H23IN2O3. The van der Waals surface area contributed by atoms with Crippen LogP contribution in [0.5, 0.6) is 0 Å². The van der Waals surface area contributed by atoms with E-state index in [0.29, 0.717) is 25.3 Å². The lowest BCUT2D eigenvalue weighted by molar-refractivity contribution is 0.0836. The lowest BCUT2D eigenvalue weighted by atomic mass is 10.0. The molecule has 0 bridgehead atoms. The maximum absolute atomic E-state index is 12.3. The molecule has 1 fully saturated rings. The average Bonchev–Trinajstić information content (AvgIpc) is 2.56. The summed E-state index contributed by atoms with van der Waals surface area (Å²) in [5, 5.41) is 3.07. The van der Waals surface area contributed by atoms with Crippen molar-refractivity contribution in [2.24, 2.45) is 0 Å². The Labute approximate surface area is 150 Å². The van der Waals surface area contributed by atoms with Crippen molar-refractivity contribution in [3.63, 3.8) is 0 Å². The van der Waals surface area contributed by atoms with Crippen LogP contribution in [0.3, 0.4) is 0 Å². The molecule has 1 aromatic carbocycles. The molecule has 126 valence electrons. The monoisotopic (exact) mass is 430 g/mol. The maximum Gasteiger partial charge on any atom is 0.409 e. The Balaban J connectivity index is 1.77. The fourth-order valence-electron chi connectivity index (χ4n) is 2.51. The number of amides is 2. The first-order valence-electron chi connectivity index (χ1n) is 8.09. The fraction of sp³-hybridized carbons (Fsp3) is 0.529. The third-order valence-corrected chi connectivity index (χ3v) is 4.87. The summed E-state index contributed by atoms with van der Waals surface area (Å²) in [5.41, 5.74) is 0.703. The third kappa shape index (κ3) is 5.37. The van der Waals surface area contributed by atoms with E-state index in [4.69, 9.17) is 4.74 Å². The van der Waals surface area contributed by atoms with Crippen LogP contribution in [0.2, 0.25) is 0 Å². The number of likely N-dealkylation sites (tertiary alicyclic amines) is 1. The van der Waals surface area contributed by atoms with Crippen LogP contribution in [-0.4, -0.2) is 42.6 Å². The Bertz CT molecular complexity index is 542.